The van der Waals surface area contributed by atoms with Crippen LogP contribution >= 0.6 is 23.8 Å². The van der Waals surface area contributed by atoms with Crippen molar-refractivity contribution in [1.29, 1.82) is 0 Å². The number of non-ortho nitro benzene ring substituents is 1. The molecular weight excluding hydrogens is 384 g/mol. The Labute approximate surface area is 168 Å². The van der Waals surface area contributed by atoms with E-state index in [1.807, 2.05) is 6.92 Å². The zero-order valence-corrected chi connectivity index (χ0v) is 16.9. The van der Waals surface area contributed by atoms with E-state index in [1.165, 1.54) is 17.7 Å². The number of anilines is 1. The summed E-state index contributed by atoms with van der Waals surface area (Å²) in [7, 11) is 0. The maximum atomic E-state index is 10.9. The lowest BCUT2D eigenvalue weighted by atomic mass is 10.1. The average molecular weight is 405 g/mol. The summed E-state index contributed by atoms with van der Waals surface area (Å²) in [6.07, 6.45) is 0.663. The van der Waals surface area contributed by atoms with Gasteiger partial charge in [-0.2, -0.15) is 0 Å². The van der Waals surface area contributed by atoms with Crippen LogP contribution in [0.4, 0.5) is 11.4 Å². The zero-order chi connectivity index (χ0) is 19.6. The van der Waals surface area contributed by atoms with Crippen molar-refractivity contribution in [2.24, 2.45) is 0 Å². The molecule has 0 spiro atoms. The van der Waals surface area contributed by atoms with E-state index in [2.05, 4.69) is 33.8 Å². The summed E-state index contributed by atoms with van der Waals surface area (Å²) in [5.41, 5.74) is 4.02. The molecule has 0 amide bonds. The van der Waals surface area contributed by atoms with Crippen molar-refractivity contribution < 1.29 is 4.92 Å². The molecule has 0 unspecified atom stereocenters. The van der Waals surface area contributed by atoms with Gasteiger partial charge in [-0.3, -0.25) is 15.1 Å². The normalized spacial score (nSPS) is 14.3. The lowest BCUT2D eigenvalue weighted by molar-refractivity contribution is -0.384. The maximum Gasteiger partial charge on any atom is 0.271 e. The standard InChI is InChI=1S/C19H21ClN4O2S/c1-13-9-14(2)21-15(10-13)11-19(27)23-7-5-22(6-8-23)18-4-3-16(24(25)26)12-17(18)20/h3-4,9-10,12H,5-8,11H2,1-2H3. The predicted molar refractivity (Wildman–Crippen MR) is 112 cm³/mol. The molecular formula is C19H21ClN4O2S. The summed E-state index contributed by atoms with van der Waals surface area (Å²) in [6, 6.07) is 8.74. The van der Waals surface area contributed by atoms with Crippen LogP contribution in [0.1, 0.15) is 17.0 Å². The van der Waals surface area contributed by atoms with Gasteiger partial charge in [-0.05, 0) is 37.6 Å². The number of aromatic nitrogens is 1. The van der Waals surface area contributed by atoms with Crippen molar-refractivity contribution in [1.82, 2.24) is 9.88 Å². The number of pyridine rings is 1. The van der Waals surface area contributed by atoms with Crippen LogP contribution in [-0.4, -0.2) is 46.0 Å². The second-order valence-corrected chi connectivity index (χ2v) is 7.59. The maximum absolute atomic E-state index is 10.9. The first-order valence-corrected chi connectivity index (χ1v) is 9.53. The Morgan fingerprint density at radius 1 is 1.22 bits per heavy atom. The molecule has 1 aliphatic heterocycles. The third kappa shape index (κ3) is 4.73. The number of hydrogen-bond donors (Lipinski definition) is 0. The van der Waals surface area contributed by atoms with Gasteiger partial charge in [0.05, 0.1) is 20.6 Å². The van der Waals surface area contributed by atoms with Gasteiger partial charge < -0.3 is 9.80 Å². The van der Waals surface area contributed by atoms with Crippen molar-refractivity contribution in [3.8, 4) is 0 Å². The molecule has 1 aromatic heterocycles. The van der Waals surface area contributed by atoms with E-state index in [9.17, 15) is 10.1 Å². The van der Waals surface area contributed by atoms with Gasteiger partial charge in [0, 0.05) is 56.1 Å². The molecule has 0 bridgehead atoms. The highest BCUT2D eigenvalue weighted by Gasteiger charge is 2.22. The van der Waals surface area contributed by atoms with E-state index in [1.54, 1.807) is 6.07 Å². The van der Waals surface area contributed by atoms with Crippen LogP contribution in [0.2, 0.25) is 5.02 Å². The summed E-state index contributed by atoms with van der Waals surface area (Å²) < 4.78 is 0. The van der Waals surface area contributed by atoms with E-state index in [0.29, 0.717) is 11.4 Å². The van der Waals surface area contributed by atoms with Crippen LogP contribution in [0.25, 0.3) is 0 Å². The molecule has 0 N–H and O–H groups in total. The molecule has 0 saturated carbocycles. The third-order valence-electron chi connectivity index (χ3n) is 4.60. The summed E-state index contributed by atoms with van der Waals surface area (Å²) in [5, 5.41) is 11.3. The third-order valence-corrected chi connectivity index (χ3v) is 5.30. The molecule has 142 valence electrons. The zero-order valence-electron chi connectivity index (χ0n) is 15.3. The highest BCUT2D eigenvalue weighted by atomic mass is 35.5. The molecule has 6 nitrogen and oxygen atoms in total. The SMILES string of the molecule is Cc1cc(C)nc(CC(=S)N2CCN(c3ccc([N+](=O)[O-])cc3Cl)CC2)c1. The lowest BCUT2D eigenvalue weighted by Crippen LogP contribution is -2.48. The molecule has 0 atom stereocenters. The second-order valence-electron chi connectivity index (χ2n) is 6.71. The monoisotopic (exact) mass is 404 g/mol. The fraction of sp³-hybridized carbons (Fsp3) is 0.368. The highest BCUT2D eigenvalue weighted by Crippen LogP contribution is 2.30. The molecule has 1 fully saturated rings. The number of nitrogens with zero attached hydrogens (tertiary/aromatic N) is 4. The number of hydrogen-bond acceptors (Lipinski definition) is 5. The van der Waals surface area contributed by atoms with E-state index in [-0.39, 0.29) is 5.69 Å². The number of nitro benzene ring substituents is 1. The first-order chi connectivity index (χ1) is 12.8. The Kier molecular flexibility index (Phi) is 5.92. The fourth-order valence-corrected chi connectivity index (χ4v) is 3.97. The average Bonchev–Trinajstić information content (AvgIpc) is 2.60. The van der Waals surface area contributed by atoms with Crippen molar-refractivity contribution in [2.45, 2.75) is 20.3 Å². The minimum Gasteiger partial charge on any atom is -0.367 e. The summed E-state index contributed by atoms with van der Waals surface area (Å²) >= 11 is 11.9. The van der Waals surface area contributed by atoms with Crippen molar-refractivity contribution in [3.05, 3.63) is 62.4 Å². The number of thiocarbonyl (C=S) groups is 1. The number of rotatable bonds is 4. The number of piperazine rings is 1. The Balaban J connectivity index is 1.61. The van der Waals surface area contributed by atoms with Crippen LogP contribution in [0.3, 0.4) is 0 Å². The lowest BCUT2D eigenvalue weighted by Gasteiger charge is -2.37. The van der Waals surface area contributed by atoms with E-state index < -0.39 is 4.92 Å². The van der Waals surface area contributed by atoms with E-state index in [0.717, 1.165) is 48.2 Å². The number of benzene rings is 1. The molecule has 1 aliphatic rings. The number of nitro groups is 1. The van der Waals surface area contributed by atoms with Gasteiger partial charge in [0.25, 0.3) is 5.69 Å². The molecule has 8 heteroatoms. The molecule has 0 radical (unpaired) electrons. The van der Waals surface area contributed by atoms with Crippen LogP contribution in [0.5, 0.6) is 0 Å². The second kappa shape index (κ2) is 8.19. The van der Waals surface area contributed by atoms with E-state index >= 15 is 0 Å². The molecule has 0 aliphatic carbocycles. The van der Waals surface area contributed by atoms with Gasteiger partial charge in [-0.1, -0.05) is 23.8 Å². The first kappa shape index (κ1) is 19.5. The predicted octanol–water partition coefficient (Wildman–Crippen LogP) is 3.95. The molecule has 1 aromatic carbocycles. The van der Waals surface area contributed by atoms with Gasteiger partial charge in [0.15, 0.2) is 0 Å². The summed E-state index contributed by atoms with van der Waals surface area (Å²) in [4.78, 5) is 20.2. The molecule has 2 heterocycles. The smallest absolute Gasteiger partial charge is 0.271 e. The van der Waals surface area contributed by atoms with Crippen LogP contribution in [0, 0.1) is 24.0 Å². The Bertz CT molecular complexity index is 862. The van der Waals surface area contributed by atoms with Gasteiger partial charge in [0.2, 0.25) is 0 Å². The van der Waals surface area contributed by atoms with E-state index in [4.69, 9.17) is 23.8 Å². The first-order valence-electron chi connectivity index (χ1n) is 8.74. The minimum atomic E-state index is -0.437. The van der Waals surface area contributed by atoms with Crippen molar-refractivity contribution in [2.75, 3.05) is 31.1 Å². The van der Waals surface area contributed by atoms with Crippen LogP contribution in [-0.2, 0) is 6.42 Å². The van der Waals surface area contributed by atoms with Crippen molar-refractivity contribution >= 4 is 40.2 Å². The number of halogens is 1. The molecule has 3 rings (SSSR count). The Morgan fingerprint density at radius 2 is 1.93 bits per heavy atom. The number of aryl methyl sites for hydroxylation is 2. The van der Waals surface area contributed by atoms with Gasteiger partial charge >= 0.3 is 0 Å². The summed E-state index contributed by atoms with van der Waals surface area (Å²) in [5.74, 6) is 0. The minimum absolute atomic E-state index is 0.00418. The highest BCUT2D eigenvalue weighted by molar-refractivity contribution is 7.80. The van der Waals surface area contributed by atoms with Crippen molar-refractivity contribution in [3.63, 3.8) is 0 Å². The largest absolute Gasteiger partial charge is 0.367 e. The van der Waals surface area contributed by atoms with Gasteiger partial charge in [-0.25, -0.2) is 0 Å². The summed E-state index contributed by atoms with van der Waals surface area (Å²) in [6.45, 7) is 7.16. The molecule has 27 heavy (non-hydrogen) atoms. The van der Waals surface area contributed by atoms with Gasteiger partial charge in [0.1, 0.15) is 0 Å². The topological polar surface area (TPSA) is 62.5 Å². The van der Waals surface area contributed by atoms with Crippen LogP contribution < -0.4 is 4.90 Å². The fourth-order valence-electron chi connectivity index (χ4n) is 3.34. The Hall–Kier alpha value is -2.25. The van der Waals surface area contributed by atoms with Gasteiger partial charge in [-0.15, -0.1) is 0 Å². The molecule has 2 aromatic rings. The quantitative estimate of drug-likeness (QED) is 0.436. The van der Waals surface area contributed by atoms with Crippen LogP contribution in [0.15, 0.2) is 30.3 Å². The molecule has 1 saturated heterocycles. The Morgan fingerprint density at radius 3 is 2.52 bits per heavy atom.